The largest absolute Gasteiger partial charge is 0.496 e. The van der Waals surface area contributed by atoms with Gasteiger partial charge in [-0.2, -0.15) is 0 Å². The van der Waals surface area contributed by atoms with Crippen molar-refractivity contribution in [2.45, 2.75) is 31.8 Å². The van der Waals surface area contributed by atoms with Crippen LogP contribution in [0.5, 0.6) is 23.0 Å². The van der Waals surface area contributed by atoms with Crippen molar-refractivity contribution in [1.29, 1.82) is 0 Å². The van der Waals surface area contributed by atoms with E-state index in [9.17, 15) is 18.0 Å². The van der Waals surface area contributed by atoms with Gasteiger partial charge in [-0.15, -0.1) is 0 Å². The molecule has 1 saturated heterocycles. The lowest BCUT2D eigenvalue weighted by Crippen LogP contribution is -2.55. The molecule has 1 aliphatic carbocycles. The van der Waals surface area contributed by atoms with Gasteiger partial charge >= 0.3 is 0 Å². The van der Waals surface area contributed by atoms with Crippen molar-refractivity contribution in [3.63, 3.8) is 0 Å². The highest BCUT2D eigenvalue weighted by atomic mass is 35.5. The molecule has 2 aromatic carbocycles. The minimum absolute atomic E-state index is 0.0606. The average molecular weight is 577 g/mol. The summed E-state index contributed by atoms with van der Waals surface area (Å²) in [5.74, 6) is -0.588. The van der Waals surface area contributed by atoms with E-state index in [1.165, 1.54) is 37.8 Å². The number of methoxy groups -OCH3 is 3. The molecule has 2 aliphatic heterocycles. The first kappa shape index (κ1) is 27.1. The Bertz CT molecular complexity index is 1510. The topological polar surface area (TPSA) is 120 Å². The van der Waals surface area contributed by atoms with E-state index in [2.05, 4.69) is 5.32 Å². The molecule has 3 aliphatic rings. The smallest absolute Gasteiger partial charge is 0.236 e. The maximum Gasteiger partial charge on any atom is 0.236 e. The van der Waals surface area contributed by atoms with Gasteiger partial charge in [-0.3, -0.25) is 13.9 Å². The zero-order valence-electron chi connectivity index (χ0n) is 22.0. The maximum absolute atomic E-state index is 13.7. The second-order valence-corrected chi connectivity index (χ2v) is 12.1. The number of halogens is 1. The average Bonchev–Trinajstić information content (AvgIpc) is 3.22. The second kappa shape index (κ2) is 9.95. The molecule has 0 amide bonds. The van der Waals surface area contributed by atoms with Crippen LogP contribution in [0.4, 0.5) is 11.4 Å². The summed E-state index contributed by atoms with van der Waals surface area (Å²) in [6.45, 7) is 2.12. The quantitative estimate of drug-likeness (QED) is 0.504. The molecule has 2 heterocycles. The highest BCUT2D eigenvalue weighted by molar-refractivity contribution is 7.92. The van der Waals surface area contributed by atoms with Gasteiger partial charge in [-0.25, -0.2) is 8.42 Å². The predicted molar refractivity (Wildman–Crippen MR) is 146 cm³/mol. The first-order valence-electron chi connectivity index (χ1n) is 12.5. The number of carbonyl (C=O) groups excluding carboxylic acids is 2. The number of ketones is 2. The summed E-state index contributed by atoms with van der Waals surface area (Å²) in [6, 6.07) is 6.60. The molecule has 12 heteroatoms. The van der Waals surface area contributed by atoms with Crippen LogP contribution in [-0.4, -0.2) is 59.2 Å². The van der Waals surface area contributed by atoms with Crippen LogP contribution >= 0.6 is 11.6 Å². The number of ether oxygens (including phenoxy) is 4. The normalized spacial score (nSPS) is 23.7. The molecular weight excluding hydrogens is 548 g/mol. The Morgan fingerprint density at radius 2 is 1.77 bits per heavy atom. The Labute approximate surface area is 231 Å². The molecule has 2 aromatic rings. The summed E-state index contributed by atoms with van der Waals surface area (Å²) < 4.78 is 49.0. The van der Waals surface area contributed by atoms with Gasteiger partial charge < -0.3 is 24.3 Å². The van der Waals surface area contributed by atoms with Crippen LogP contribution in [0.15, 0.2) is 36.0 Å². The molecule has 1 fully saturated rings. The molecule has 0 unspecified atom stereocenters. The van der Waals surface area contributed by atoms with Crippen LogP contribution in [0, 0.1) is 5.92 Å². The summed E-state index contributed by atoms with van der Waals surface area (Å²) >= 11 is 6.45. The van der Waals surface area contributed by atoms with Gasteiger partial charge in [0.2, 0.25) is 27.2 Å². The molecule has 39 heavy (non-hydrogen) atoms. The van der Waals surface area contributed by atoms with Gasteiger partial charge in [-0.1, -0.05) is 18.5 Å². The van der Waals surface area contributed by atoms with Crippen LogP contribution in [0.1, 0.15) is 36.5 Å². The Hall–Kier alpha value is -3.44. The lowest BCUT2D eigenvalue weighted by atomic mass is 9.74. The summed E-state index contributed by atoms with van der Waals surface area (Å²) in [6.07, 6.45) is 3.01. The van der Waals surface area contributed by atoms with Crippen molar-refractivity contribution >= 4 is 44.6 Å². The number of fused-ring (bicyclic) bond motifs is 1. The van der Waals surface area contributed by atoms with E-state index in [0.717, 1.165) is 6.42 Å². The monoisotopic (exact) mass is 576 g/mol. The third kappa shape index (κ3) is 4.28. The molecule has 208 valence electrons. The molecule has 1 spiro atoms. The van der Waals surface area contributed by atoms with E-state index in [0.29, 0.717) is 42.2 Å². The van der Waals surface area contributed by atoms with Crippen molar-refractivity contribution in [3.8, 4) is 23.0 Å². The fourth-order valence-electron chi connectivity index (χ4n) is 5.42. The fourth-order valence-corrected chi connectivity index (χ4v) is 7.33. The Morgan fingerprint density at radius 3 is 2.41 bits per heavy atom. The first-order chi connectivity index (χ1) is 18.6. The number of hydrogen-bond donors (Lipinski definition) is 1. The Morgan fingerprint density at radius 1 is 1.05 bits per heavy atom. The van der Waals surface area contributed by atoms with Gasteiger partial charge in [0.25, 0.3) is 0 Å². The number of nitrogens with one attached hydrogen (secondary N) is 1. The van der Waals surface area contributed by atoms with Gasteiger partial charge in [0.15, 0.2) is 5.75 Å². The Kier molecular flexibility index (Phi) is 6.92. The number of allylic oxidation sites excluding steroid dienone is 1. The third-order valence-corrected chi connectivity index (χ3v) is 9.63. The van der Waals surface area contributed by atoms with Crippen LogP contribution < -0.4 is 28.6 Å². The Balaban J connectivity index is 1.47. The molecular formula is C27H29ClN2O8S. The van der Waals surface area contributed by atoms with E-state index < -0.39 is 33.1 Å². The van der Waals surface area contributed by atoms with Crippen molar-refractivity contribution in [3.05, 3.63) is 46.6 Å². The van der Waals surface area contributed by atoms with Crippen molar-refractivity contribution in [2.24, 2.45) is 5.92 Å². The molecule has 0 aromatic heterocycles. The molecule has 0 bridgehead atoms. The summed E-state index contributed by atoms with van der Waals surface area (Å²) in [5, 5.41) is 3.31. The van der Waals surface area contributed by atoms with E-state index in [1.807, 2.05) is 0 Å². The SMILES string of the molecule is COc1ccc(NC2=CC(=O)[C@@]3(Oc4c(Cl)c(OC)cc(OC)c4C3=O)[C@H](C)C2)cc1N1CCCCS1(=O)=O. The van der Waals surface area contributed by atoms with E-state index >= 15 is 0 Å². The second-order valence-electron chi connectivity index (χ2n) is 9.71. The van der Waals surface area contributed by atoms with Crippen LogP contribution in [0.3, 0.4) is 0 Å². The highest BCUT2D eigenvalue weighted by Gasteiger charge is 2.60. The number of sulfonamides is 1. The van der Waals surface area contributed by atoms with Crippen LogP contribution in [-0.2, 0) is 14.8 Å². The van der Waals surface area contributed by atoms with Crippen molar-refractivity contribution in [2.75, 3.05) is 43.2 Å². The number of anilines is 2. The highest BCUT2D eigenvalue weighted by Crippen LogP contribution is 2.53. The number of rotatable bonds is 6. The predicted octanol–water partition coefficient (Wildman–Crippen LogP) is 4.21. The van der Waals surface area contributed by atoms with Gasteiger partial charge in [-0.05, 0) is 37.5 Å². The van der Waals surface area contributed by atoms with Crippen molar-refractivity contribution < 1.29 is 37.0 Å². The zero-order valence-corrected chi connectivity index (χ0v) is 23.6. The van der Waals surface area contributed by atoms with E-state index in [-0.39, 0.29) is 33.6 Å². The summed E-state index contributed by atoms with van der Waals surface area (Å²) in [4.78, 5) is 27.3. The number of Topliss-reactive ketones (excluding diaryl/α,β-unsaturated/α-hetero) is 1. The van der Waals surface area contributed by atoms with Crippen LogP contribution in [0.2, 0.25) is 5.02 Å². The number of hydrogen-bond acceptors (Lipinski definition) is 9. The van der Waals surface area contributed by atoms with Gasteiger partial charge in [0.05, 0.1) is 32.8 Å². The summed E-state index contributed by atoms with van der Waals surface area (Å²) in [7, 11) is 0.861. The zero-order chi connectivity index (χ0) is 28.1. The molecule has 0 radical (unpaired) electrons. The maximum atomic E-state index is 13.7. The first-order valence-corrected chi connectivity index (χ1v) is 14.4. The van der Waals surface area contributed by atoms with Gasteiger partial charge in [0.1, 0.15) is 27.8 Å². The minimum atomic E-state index is -3.47. The van der Waals surface area contributed by atoms with E-state index in [1.54, 1.807) is 25.1 Å². The summed E-state index contributed by atoms with van der Waals surface area (Å²) in [5.41, 5.74) is -0.126. The van der Waals surface area contributed by atoms with Crippen molar-refractivity contribution in [1.82, 2.24) is 0 Å². The molecule has 10 nitrogen and oxygen atoms in total. The van der Waals surface area contributed by atoms with Gasteiger partial charge in [0, 0.05) is 36.0 Å². The van der Waals surface area contributed by atoms with Crippen LogP contribution in [0.25, 0.3) is 0 Å². The third-order valence-electron chi connectivity index (χ3n) is 7.41. The number of benzene rings is 2. The molecule has 5 rings (SSSR count). The number of carbonyl (C=O) groups is 2. The minimum Gasteiger partial charge on any atom is -0.496 e. The fraction of sp³-hybridized carbons (Fsp3) is 0.407. The molecule has 2 atom stereocenters. The lowest BCUT2D eigenvalue weighted by molar-refractivity contribution is -0.129. The molecule has 0 saturated carbocycles. The lowest BCUT2D eigenvalue weighted by Gasteiger charge is -2.35. The standard InChI is InChI=1S/C27H29ClN2O8S/c1-15-11-17(29-16-7-8-19(35-2)18(12-16)30-9-5-6-10-39(30,33)34)13-22(31)27(15)26(32)23-20(36-3)14-21(37-4)24(28)25(23)38-27/h7-8,12-15,29H,5-6,9-11H2,1-4H3/t15-,27+/m1/s1. The number of nitrogens with zero attached hydrogens (tertiary/aromatic N) is 1. The molecule has 1 N–H and O–H groups in total. The van der Waals surface area contributed by atoms with E-state index in [4.69, 9.17) is 30.5 Å².